The number of benzene rings is 2. The van der Waals surface area contributed by atoms with Crippen LogP contribution in [0.5, 0.6) is 0 Å². The van der Waals surface area contributed by atoms with Crippen LogP contribution in [0.4, 0.5) is 5.69 Å². The van der Waals surface area contributed by atoms with Crippen molar-refractivity contribution in [3.8, 4) is 0 Å². The molecule has 0 atom stereocenters. The second kappa shape index (κ2) is 10.7. The zero-order valence-corrected chi connectivity index (χ0v) is 20.9. The molecule has 29 heavy (non-hydrogen) atoms. The van der Waals surface area contributed by atoms with Crippen LogP contribution in [0.2, 0.25) is 0 Å². The molecule has 0 amide bonds. The summed E-state index contributed by atoms with van der Waals surface area (Å²) in [5.41, 5.74) is 4.19. The van der Waals surface area contributed by atoms with Gasteiger partial charge in [0, 0.05) is 30.4 Å². The molecule has 0 heterocycles. The van der Waals surface area contributed by atoms with Crippen LogP contribution in [0.3, 0.4) is 0 Å². The molecule has 0 fully saturated rings. The minimum absolute atomic E-state index is 0. The second-order valence-corrected chi connectivity index (χ2v) is 9.20. The second-order valence-electron chi connectivity index (χ2n) is 7.68. The third kappa shape index (κ3) is 6.93. The molecule has 2 rings (SSSR count). The molecule has 5 nitrogen and oxygen atoms in total. The van der Waals surface area contributed by atoms with Gasteiger partial charge in [-0.1, -0.05) is 45.9 Å². The van der Waals surface area contributed by atoms with Gasteiger partial charge in [0.15, 0.2) is 5.78 Å². The van der Waals surface area contributed by atoms with Crippen LogP contribution in [0.1, 0.15) is 66.6 Å². The first-order chi connectivity index (χ1) is 13.0. The Morgan fingerprint density at radius 3 is 1.86 bits per heavy atom. The molecule has 0 aliphatic heterocycles. The fourth-order valence-electron chi connectivity index (χ4n) is 3.20. The number of hydrogen-bond donors (Lipinski definition) is 0. The molecule has 0 saturated carbocycles. The van der Waals surface area contributed by atoms with Crippen molar-refractivity contribution < 1.29 is 47.3 Å². The van der Waals surface area contributed by atoms with Crippen molar-refractivity contribution in [2.75, 3.05) is 24.2 Å². The first-order valence-corrected chi connectivity index (χ1v) is 11.0. The summed E-state index contributed by atoms with van der Waals surface area (Å²) in [4.78, 5) is 15.0. The number of carbonyl (C=O) groups excluding carboxylic acids is 1. The van der Waals surface area contributed by atoms with Crippen LogP contribution in [-0.2, 0) is 10.1 Å². The number of hydrogen-bond acceptors (Lipinski definition) is 5. The molecular weight excluding hydrogens is 397 g/mol. The van der Waals surface area contributed by atoms with E-state index in [0.29, 0.717) is 5.56 Å². The number of nitrogens with zero attached hydrogens (tertiary/aromatic N) is 1. The summed E-state index contributed by atoms with van der Waals surface area (Å²) < 4.78 is 32.4. The molecule has 0 N–H and O–H groups in total. The largest absolute Gasteiger partial charge is 1.00 e. The summed E-state index contributed by atoms with van der Waals surface area (Å²) in [5.74, 6) is 0.00231. The fourth-order valence-corrected chi connectivity index (χ4v) is 3.70. The van der Waals surface area contributed by atoms with E-state index in [1.54, 1.807) is 36.2 Å². The summed E-state index contributed by atoms with van der Waals surface area (Å²) in [5, 5.41) is 0. The Labute approximate surface area is 196 Å². The van der Waals surface area contributed by atoms with Crippen LogP contribution in [0.25, 0.3) is 0 Å². The van der Waals surface area contributed by atoms with E-state index >= 15 is 0 Å². The molecule has 0 saturated heterocycles. The van der Waals surface area contributed by atoms with E-state index < -0.39 is 15.9 Å². The van der Waals surface area contributed by atoms with Gasteiger partial charge in [-0.05, 0) is 47.2 Å². The molecule has 152 valence electrons. The minimum atomic E-state index is -4.26. The standard InChI is InChI=1S/C22H29NO4S.Na/c1-15(2)19-7-6-8-20(16(3)4)21(19)22(24)17-9-11-18(12-10-17)23(5)13-14-28(25,26)27;/h6-12,15-16H,13-14H2,1-5H3,(H,25,26,27);/q;+1/p-1. The molecule has 0 radical (unpaired) electrons. The van der Waals surface area contributed by atoms with E-state index in [2.05, 4.69) is 27.7 Å². The molecule has 7 heteroatoms. The van der Waals surface area contributed by atoms with Gasteiger partial charge in [0.05, 0.1) is 15.9 Å². The van der Waals surface area contributed by atoms with Gasteiger partial charge in [-0.3, -0.25) is 4.79 Å². The Hall–Kier alpha value is -1.18. The summed E-state index contributed by atoms with van der Waals surface area (Å²) in [6, 6.07) is 13.1. The molecule has 0 aliphatic carbocycles. The average molecular weight is 426 g/mol. The molecule has 0 aliphatic rings. The zero-order chi connectivity index (χ0) is 21.1. The molecule has 0 spiro atoms. The maximum Gasteiger partial charge on any atom is 1.00 e. The van der Waals surface area contributed by atoms with Gasteiger partial charge in [-0.2, -0.15) is 0 Å². The quantitative estimate of drug-likeness (QED) is 0.360. The van der Waals surface area contributed by atoms with Crippen LogP contribution in [0.15, 0.2) is 42.5 Å². The van der Waals surface area contributed by atoms with E-state index in [-0.39, 0.29) is 53.7 Å². The summed E-state index contributed by atoms with van der Waals surface area (Å²) in [6.45, 7) is 8.43. The summed E-state index contributed by atoms with van der Waals surface area (Å²) in [7, 11) is -2.54. The van der Waals surface area contributed by atoms with E-state index in [0.717, 1.165) is 22.4 Å². The van der Waals surface area contributed by atoms with Crippen molar-refractivity contribution >= 4 is 21.6 Å². The van der Waals surface area contributed by atoms with Gasteiger partial charge in [0.2, 0.25) is 0 Å². The maximum atomic E-state index is 13.3. The Kier molecular flexibility index (Phi) is 9.57. The summed E-state index contributed by atoms with van der Waals surface area (Å²) >= 11 is 0. The number of rotatable bonds is 8. The van der Waals surface area contributed by atoms with E-state index in [1.165, 1.54) is 0 Å². The molecular formula is C22H28NNaO4S. The van der Waals surface area contributed by atoms with Gasteiger partial charge in [-0.15, -0.1) is 0 Å². The first-order valence-electron chi connectivity index (χ1n) is 9.43. The fraction of sp³-hybridized carbons (Fsp3) is 0.409. The monoisotopic (exact) mass is 425 g/mol. The smallest absolute Gasteiger partial charge is 0.748 e. The van der Waals surface area contributed by atoms with Crippen LogP contribution in [-0.4, -0.2) is 38.1 Å². The van der Waals surface area contributed by atoms with Crippen LogP contribution in [0, 0.1) is 0 Å². The summed E-state index contributed by atoms with van der Waals surface area (Å²) in [6.07, 6.45) is 0. The number of ketones is 1. The Balaban J connectivity index is 0.00000420. The third-order valence-corrected chi connectivity index (χ3v) is 5.53. The zero-order valence-electron chi connectivity index (χ0n) is 18.1. The normalized spacial score (nSPS) is 11.4. The number of anilines is 1. The van der Waals surface area contributed by atoms with Gasteiger partial charge < -0.3 is 9.45 Å². The SMILES string of the molecule is CC(C)c1cccc(C(C)C)c1C(=O)c1ccc(N(C)CCS(=O)(=O)[O-])cc1.[Na+]. The van der Waals surface area contributed by atoms with Crippen LogP contribution < -0.4 is 34.5 Å². The van der Waals surface area contributed by atoms with Crippen molar-refractivity contribution in [3.63, 3.8) is 0 Å². The van der Waals surface area contributed by atoms with Crippen molar-refractivity contribution in [2.45, 2.75) is 39.5 Å². The van der Waals surface area contributed by atoms with Crippen molar-refractivity contribution in [1.29, 1.82) is 0 Å². The topological polar surface area (TPSA) is 77.5 Å². The molecule has 0 bridgehead atoms. The van der Waals surface area contributed by atoms with Crippen molar-refractivity contribution in [2.24, 2.45) is 0 Å². The van der Waals surface area contributed by atoms with Crippen LogP contribution >= 0.6 is 0 Å². The molecule has 0 unspecified atom stereocenters. The van der Waals surface area contributed by atoms with E-state index in [1.807, 2.05) is 18.2 Å². The van der Waals surface area contributed by atoms with E-state index in [4.69, 9.17) is 0 Å². The van der Waals surface area contributed by atoms with E-state index in [9.17, 15) is 17.8 Å². The molecule has 2 aromatic carbocycles. The Bertz CT molecular complexity index is 912. The predicted octanol–water partition coefficient (Wildman–Crippen LogP) is 1.15. The first kappa shape index (κ1) is 25.9. The maximum absolute atomic E-state index is 13.3. The Morgan fingerprint density at radius 1 is 0.966 bits per heavy atom. The minimum Gasteiger partial charge on any atom is -0.748 e. The molecule has 0 aromatic heterocycles. The Morgan fingerprint density at radius 2 is 1.45 bits per heavy atom. The van der Waals surface area contributed by atoms with Gasteiger partial charge >= 0.3 is 29.6 Å². The van der Waals surface area contributed by atoms with Gasteiger partial charge in [0.1, 0.15) is 0 Å². The van der Waals surface area contributed by atoms with Crippen molar-refractivity contribution in [3.05, 3.63) is 64.7 Å². The van der Waals surface area contributed by atoms with Gasteiger partial charge in [-0.25, -0.2) is 8.42 Å². The number of carbonyl (C=O) groups is 1. The molecule has 2 aromatic rings. The third-order valence-electron chi connectivity index (χ3n) is 4.85. The van der Waals surface area contributed by atoms with Gasteiger partial charge in [0.25, 0.3) is 0 Å². The average Bonchev–Trinajstić information content (AvgIpc) is 2.64. The predicted molar refractivity (Wildman–Crippen MR) is 112 cm³/mol. The van der Waals surface area contributed by atoms with Crippen molar-refractivity contribution in [1.82, 2.24) is 0 Å².